The molecule has 0 aromatic heterocycles. The number of hydrogen-bond donors (Lipinski definition) is 1. The highest BCUT2D eigenvalue weighted by molar-refractivity contribution is 4.81. The van der Waals surface area contributed by atoms with Gasteiger partial charge in [-0.1, -0.05) is 0 Å². The van der Waals surface area contributed by atoms with Gasteiger partial charge in [-0.25, -0.2) is 0 Å². The minimum atomic E-state index is 0.127. The lowest BCUT2D eigenvalue weighted by Gasteiger charge is -2.15. The van der Waals surface area contributed by atoms with Crippen molar-refractivity contribution in [2.45, 2.75) is 25.9 Å². The molecular weight excluding hydrogens is 126 g/mol. The van der Waals surface area contributed by atoms with E-state index in [0.717, 1.165) is 19.1 Å². The first kappa shape index (κ1) is 8.02. The molecule has 10 heavy (non-hydrogen) atoms. The van der Waals surface area contributed by atoms with E-state index in [-0.39, 0.29) is 5.60 Å². The van der Waals surface area contributed by atoms with Crippen molar-refractivity contribution in [1.82, 2.24) is 5.32 Å². The molecule has 2 heteroatoms. The van der Waals surface area contributed by atoms with Gasteiger partial charge < -0.3 is 10.1 Å². The van der Waals surface area contributed by atoms with Crippen LogP contribution in [0, 0.1) is 5.92 Å². The molecule has 1 heterocycles. The van der Waals surface area contributed by atoms with Crippen LogP contribution in [0.25, 0.3) is 0 Å². The van der Waals surface area contributed by atoms with Crippen LogP contribution >= 0.6 is 0 Å². The Morgan fingerprint density at radius 3 is 2.70 bits per heavy atom. The topological polar surface area (TPSA) is 21.3 Å². The molecule has 2 nitrogen and oxygen atoms in total. The van der Waals surface area contributed by atoms with Crippen LogP contribution < -0.4 is 5.32 Å². The standard InChI is InChI=1S/C8H17NO/c1-8(2)4-7(5-9-3)6-10-8/h7,9H,4-6H2,1-3H3/t7-/m1/s1. The Morgan fingerprint density at radius 2 is 2.30 bits per heavy atom. The Kier molecular flexibility index (Phi) is 2.32. The normalized spacial score (nSPS) is 30.9. The second-order valence-electron chi connectivity index (χ2n) is 3.70. The van der Waals surface area contributed by atoms with Crippen LogP contribution in [-0.2, 0) is 4.74 Å². The molecule has 1 fully saturated rings. The number of ether oxygens (including phenoxy) is 1. The van der Waals surface area contributed by atoms with E-state index in [9.17, 15) is 0 Å². The molecule has 0 spiro atoms. The van der Waals surface area contributed by atoms with E-state index in [4.69, 9.17) is 4.74 Å². The van der Waals surface area contributed by atoms with Crippen molar-refractivity contribution >= 4 is 0 Å². The van der Waals surface area contributed by atoms with E-state index in [1.165, 1.54) is 6.42 Å². The number of nitrogens with one attached hydrogen (secondary N) is 1. The lowest BCUT2D eigenvalue weighted by Crippen LogP contribution is -2.20. The predicted molar refractivity (Wildman–Crippen MR) is 42.1 cm³/mol. The van der Waals surface area contributed by atoms with E-state index >= 15 is 0 Å². The Labute approximate surface area is 63.0 Å². The Balaban J connectivity index is 2.29. The first-order chi connectivity index (χ1) is 4.64. The zero-order chi connectivity index (χ0) is 7.61. The van der Waals surface area contributed by atoms with Crippen LogP contribution in [0.4, 0.5) is 0 Å². The molecule has 0 saturated carbocycles. The van der Waals surface area contributed by atoms with Gasteiger partial charge >= 0.3 is 0 Å². The van der Waals surface area contributed by atoms with Gasteiger partial charge in [0.25, 0.3) is 0 Å². The van der Waals surface area contributed by atoms with Gasteiger partial charge in [0.1, 0.15) is 0 Å². The molecule has 1 N–H and O–H groups in total. The van der Waals surface area contributed by atoms with Crippen LogP contribution in [-0.4, -0.2) is 25.8 Å². The summed E-state index contributed by atoms with van der Waals surface area (Å²) in [4.78, 5) is 0. The van der Waals surface area contributed by atoms with Crippen molar-refractivity contribution in [3.63, 3.8) is 0 Å². The maximum atomic E-state index is 5.57. The van der Waals surface area contributed by atoms with E-state index in [2.05, 4.69) is 19.2 Å². The molecule has 0 unspecified atom stereocenters. The van der Waals surface area contributed by atoms with Gasteiger partial charge in [0.05, 0.1) is 12.2 Å². The van der Waals surface area contributed by atoms with Gasteiger partial charge in [-0.05, 0) is 39.8 Å². The minimum absolute atomic E-state index is 0.127. The van der Waals surface area contributed by atoms with Crippen molar-refractivity contribution < 1.29 is 4.74 Å². The molecule has 60 valence electrons. The van der Waals surface area contributed by atoms with Crippen LogP contribution in [0.5, 0.6) is 0 Å². The van der Waals surface area contributed by atoms with Crippen molar-refractivity contribution in [1.29, 1.82) is 0 Å². The summed E-state index contributed by atoms with van der Waals surface area (Å²) in [5.74, 6) is 0.722. The molecule has 1 rings (SSSR count). The molecule has 0 amide bonds. The van der Waals surface area contributed by atoms with Gasteiger partial charge in [-0.2, -0.15) is 0 Å². The summed E-state index contributed by atoms with van der Waals surface area (Å²) in [6.45, 7) is 6.32. The molecular formula is C8H17NO. The van der Waals surface area contributed by atoms with Crippen LogP contribution in [0.3, 0.4) is 0 Å². The van der Waals surface area contributed by atoms with Crippen LogP contribution in [0.2, 0.25) is 0 Å². The van der Waals surface area contributed by atoms with Gasteiger partial charge in [-0.3, -0.25) is 0 Å². The molecule has 1 aliphatic heterocycles. The average Bonchev–Trinajstić information content (AvgIpc) is 2.12. The zero-order valence-corrected chi connectivity index (χ0v) is 7.11. The van der Waals surface area contributed by atoms with Crippen molar-refractivity contribution in [2.75, 3.05) is 20.2 Å². The molecule has 0 aromatic carbocycles. The maximum Gasteiger partial charge on any atom is 0.0630 e. The third-order valence-electron chi connectivity index (χ3n) is 1.98. The molecule has 1 saturated heterocycles. The van der Waals surface area contributed by atoms with Crippen molar-refractivity contribution in [2.24, 2.45) is 5.92 Å². The van der Waals surface area contributed by atoms with E-state index in [1.807, 2.05) is 7.05 Å². The average molecular weight is 143 g/mol. The maximum absolute atomic E-state index is 5.57. The third-order valence-corrected chi connectivity index (χ3v) is 1.98. The van der Waals surface area contributed by atoms with Gasteiger partial charge in [0, 0.05) is 0 Å². The zero-order valence-electron chi connectivity index (χ0n) is 7.11. The summed E-state index contributed by atoms with van der Waals surface area (Å²) < 4.78 is 5.57. The monoisotopic (exact) mass is 143 g/mol. The summed E-state index contributed by atoms with van der Waals surface area (Å²) in [5, 5.41) is 3.17. The largest absolute Gasteiger partial charge is 0.375 e. The lowest BCUT2D eigenvalue weighted by molar-refractivity contribution is 0.0350. The van der Waals surface area contributed by atoms with Crippen molar-refractivity contribution in [3.8, 4) is 0 Å². The van der Waals surface area contributed by atoms with E-state index in [1.54, 1.807) is 0 Å². The molecule has 1 aliphatic rings. The third kappa shape index (κ3) is 1.96. The fourth-order valence-corrected chi connectivity index (χ4v) is 1.58. The number of rotatable bonds is 2. The Morgan fingerprint density at radius 1 is 1.60 bits per heavy atom. The summed E-state index contributed by atoms with van der Waals surface area (Å²) in [7, 11) is 1.99. The molecule has 0 aromatic rings. The van der Waals surface area contributed by atoms with Crippen LogP contribution in [0.15, 0.2) is 0 Å². The highest BCUT2D eigenvalue weighted by Crippen LogP contribution is 2.28. The second-order valence-corrected chi connectivity index (χ2v) is 3.70. The Bertz CT molecular complexity index is 112. The first-order valence-electron chi connectivity index (χ1n) is 3.92. The molecule has 0 aliphatic carbocycles. The fraction of sp³-hybridized carbons (Fsp3) is 1.00. The fourth-order valence-electron chi connectivity index (χ4n) is 1.58. The van der Waals surface area contributed by atoms with Crippen LogP contribution in [0.1, 0.15) is 20.3 Å². The lowest BCUT2D eigenvalue weighted by atomic mass is 9.98. The predicted octanol–water partition coefficient (Wildman–Crippen LogP) is 1.02. The quantitative estimate of drug-likeness (QED) is 0.623. The van der Waals surface area contributed by atoms with Gasteiger partial charge in [-0.15, -0.1) is 0 Å². The van der Waals surface area contributed by atoms with E-state index < -0.39 is 0 Å². The van der Waals surface area contributed by atoms with Gasteiger partial charge in [0.2, 0.25) is 0 Å². The minimum Gasteiger partial charge on any atom is -0.375 e. The molecule has 1 atom stereocenters. The molecule has 0 bridgehead atoms. The SMILES string of the molecule is CNC[C@@H]1COC(C)(C)C1. The summed E-state index contributed by atoms with van der Waals surface area (Å²) in [6.07, 6.45) is 1.19. The number of hydrogen-bond acceptors (Lipinski definition) is 2. The Hall–Kier alpha value is -0.0800. The summed E-state index contributed by atoms with van der Waals surface area (Å²) in [6, 6.07) is 0. The first-order valence-corrected chi connectivity index (χ1v) is 3.92. The summed E-state index contributed by atoms with van der Waals surface area (Å²) in [5.41, 5.74) is 0.127. The smallest absolute Gasteiger partial charge is 0.0630 e. The molecule has 0 radical (unpaired) electrons. The van der Waals surface area contributed by atoms with Gasteiger partial charge in [0.15, 0.2) is 0 Å². The highest BCUT2D eigenvalue weighted by Gasteiger charge is 2.30. The van der Waals surface area contributed by atoms with E-state index in [0.29, 0.717) is 0 Å². The summed E-state index contributed by atoms with van der Waals surface area (Å²) >= 11 is 0. The van der Waals surface area contributed by atoms with Crippen molar-refractivity contribution in [3.05, 3.63) is 0 Å². The highest BCUT2D eigenvalue weighted by atomic mass is 16.5. The second kappa shape index (κ2) is 2.89.